The lowest BCUT2D eigenvalue weighted by Crippen LogP contribution is -2.45. The van der Waals surface area contributed by atoms with E-state index in [0.717, 1.165) is 44.5 Å². The fourth-order valence-electron chi connectivity index (χ4n) is 3.06. The number of hydrogen-bond acceptors (Lipinski definition) is 3. The van der Waals surface area contributed by atoms with Crippen molar-refractivity contribution in [2.75, 3.05) is 32.8 Å². The predicted octanol–water partition coefficient (Wildman–Crippen LogP) is 3.47. The van der Waals surface area contributed by atoms with Crippen LogP contribution in [0.1, 0.15) is 45.2 Å². The molecule has 3 nitrogen and oxygen atoms in total. The summed E-state index contributed by atoms with van der Waals surface area (Å²) in [7, 11) is 0. The van der Waals surface area contributed by atoms with E-state index in [1.807, 2.05) is 0 Å². The third-order valence-corrected chi connectivity index (χ3v) is 4.19. The van der Waals surface area contributed by atoms with Crippen LogP contribution in [0.5, 0.6) is 5.75 Å². The van der Waals surface area contributed by atoms with Gasteiger partial charge in [0.2, 0.25) is 0 Å². The van der Waals surface area contributed by atoms with Crippen LogP contribution < -0.4 is 10.1 Å². The first kappa shape index (κ1) is 16.3. The molecule has 0 aliphatic carbocycles. The van der Waals surface area contributed by atoms with E-state index in [1.54, 1.807) is 0 Å². The van der Waals surface area contributed by atoms with Gasteiger partial charge in [0.15, 0.2) is 0 Å². The molecule has 1 heterocycles. The summed E-state index contributed by atoms with van der Waals surface area (Å²) in [5.41, 5.74) is 1.36. The standard InChI is InChI=1S/C18H30N2O/c1-4-21-18-8-6-5-7-16(18)17(10-9-15(2)3)20-13-11-19-12-14-20/h5-8,15,17,19H,4,9-14H2,1-3H3/t17-/m0/s1. The van der Waals surface area contributed by atoms with Gasteiger partial charge in [-0.2, -0.15) is 0 Å². The molecule has 1 aromatic carbocycles. The molecular formula is C18H30N2O. The zero-order valence-electron chi connectivity index (χ0n) is 13.8. The Bertz CT molecular complexity index is 413. The molecule has 0 saturated carbocycles. The summed E-state index contributed by atoms with van der Waals surface area (Å²) in [5, 5.41) is 3.45. The van der Waals surface area contributed by atoms with Gasteiger partial charge in [0.1, 0.15) is 5.75 Å². The normalized spacial score (nSPS) is 17.9. The number of rotatable bonds is 7. The van der Waals surface area contributed by atoms with Crippen molar-refractivity contribution >= 4 is 0 Å². The number of nitrogens with zero attached hydrogens (tertiary/aromatic N) is 1. The Balaban J connectivity index is 2.20. The number of piperazine rings is 1. The molecule has 0 radical (unpaired) electrons. The summed E-state index contributed by atoms with van der Waals surface area (Å²) < 4.78 is 5.87. The number of nitrogens with one attached hydrogen (secondary N) is 1. The average Bonchev–Trinajstić information content (AvgIpc) is 2.50. The second kappa shape index (κ2) is 8.40. The first-order valence-electron chi connectivity index (χ1n) is 8.38. The number of hydrogen-bond donors (Lipinski definition) is 1. The molecular weight excluding hydrogens is 260 g/mol. The van der Waals surface area contributed by atoms with Crippen LogP contribution in [0.4, 0.5) is 0 Å². The van der Waals surface area contributed by atoms with Crippen LogP contribution in [0.2, 0.25) is 0 Å². The van der Waals surface area contributed by atoms with E-state index in [9.17, 15) is 0 Å². The Morgan fingerprint density at radius 1 is 1.14 bits per heavy atom. The molecule has 1 aliphatic rings. The second-order valence-electron chi connectivity index (χ2n) is 6.24. The molecule has 0 aromatic heterocycles. The van der Waals surface area contributed by atoms with Crippen LogP contribution in [0, 0.1) is 5.92 Å². The Labute approximate surface area is 129 Å². The van der Waals surface area contributed by atoms with Crippen LogP contribution in [0.25, 0.3) is 0 Å². The Kier molecular flexibility index (Phi) is 6.52. The van der Waals surface area contributed by atoms with E-state index in [4.69, 9.17) is 4.74 Å². The van der Waals surface area contributed by atoms with Crippen LogP contribution in [-0.4, -0.2) is 37.7 Å². The second-order valence-corrected chi connectivity index (χ2v) is 6.24. The zero-order chi connectivity index (χ0) is 15.1. The lowest BCUT2D eigenvalue weighted by molar-refractivity contribution is 0.156. The van der Waals surface area contributed by atoms with Crippen molar-refractivity contribution in [3.63, 3.8) is 0 Å². The van der Waals surface area contributed by atoms with Gasteiger partial charge in [0.25, 0.3) is 0 Å². The Hall–Kier alpha value is -1.06. The molecule has 0 bridgehead atoms. The highest BCUT2D eigenvalue weighted by molar-refractivity contribution is 5.36. The quantitative estimate of drug-likeness (QED) is 0.832. The van der Waals surface area contributed by atoms with Gasteiger partial charge < -0.3 is 10.1 Å². The van der Waals surface area contributed by atoms with E-state index in [1.165, 1.54) is 18.4 Å². The summed E-state index contributed by atoms with van der Waals surface area (Å²) in [6, 6.07) is 9.06. The molecule has 1 N–H and O–H groups in total. The molecule has 3 heteroatoms. The van der Waals surface area contributed by atoms with Crippen LogP contribution in [0.3, 0.4) is 0 Å². The lowest BCUT2D eigenvalue weighted by atomic mass is 9.95. The van der Waals surface area contributed by atoms with Gasteiger partial charge in [-0.3, -0.25) is 4.90 Å². The third kappa shape index (κ3) is 4.72. The fourth-order valence-corrected chi connectivity index (χ4v) is 3.06. The SMILES string of the molecule is CCOc1ccccc1[C@H](CCC(C)C)N1CCNCC1. The van der Waals surface area contributed by atoms with E-state index in [0.29, 0.717) is 6.04 Å². The summed E-state index contributed by atoms with van der Waals surface area (Å²) in [4.78, 5) is 2.62. The molecule has 0 amide bonds. The fraction of sp³-hybridized carbons (Fsp3) is 0.667. The maximum absolute atomic E-state index is 5.87. The summed E-state index contributed by atoms with van der Waals surface area (Å²) in [6.07, 6.45) is 2.47. The molecule has 1 atom stereocenters. The predicted molar refractivity (Wildman–Crippen MR) is 88.9 cm³/mol. The van der Waals surface area contributed by atoms with Crippen molar-refractivity contribution in [3.05, 3.63) is 29.8 Å². The summed E-state index contributed by atoms with van der Waals surface area (Å²) >= 11 is 0. The molecule has 1 fully saturated rings. The van der Waals surface area contributed by atoms with Gasteiger partial charge in [-0.1, -0.05) is 32.0 Å². The molecule has 2 rings (SSSR count). The van der Waals surface area contributed by atoms with Gasteiger partial charge in [-0.15, -0.1) is 0 Å². The summed E-state index contributed by atoms with van der Waals surface area (Å²) in [6.45, 7) is 11.9. The topological polar surface area (TPSA) is 24.5 Å². The summed E-state index contributed by atoms with van der Waals surface area (Å²) in [5.74, 6) is 1.81. The van der Waals surface area contributed by atoms with Gasteiger partial charge in [-0.25, -0.2) is 0 Å². The lowest BCUT2D eigenvalue weighted by Gasteiger charge is -2.36. The zero-order valence-corrected chi connectivity index (χ0v) is 13.8. The van der Waals surface area contributed by atoms with Crippen molar-refractivity contribution in [3.8, 4) is 5.75 Å². The first-order valence-corrected chi connectivity index (χ1v) is 8.38. The van der Waals surface area contributed by atoms with Crippen LogP contribution >= 0.6 is 0 Å². The van der Waals surface area contributed by atoms with E-state index >= 15 is 0 Å². The minimum Gasteiger partial charge on any atom is -0.494 e. The van der Waals surface area contributed by atoms with Gasteiger partial charge in [0, 0.05) is 37.8 Å². The van der Waals surface area contributed by atoms with Gasteiger partial charge >= 0.3 is 0 Å². The van der Waals surface area contributed by atoms with Crippen molar-refractivity contribution in [1.29, 1.82) is 0 Å². The van der Waals surface area contributed by atoms with Crippen molar-refractivity contribution < 1.29 is 4.74 Å². The number of benzene rings is 1. The molecule has 1 aromatic rings. The third-order valence-electron chi connectivity index (χ3n) is 4.19. The van der Waals surface area contributed by atoms with Crippen molar-refractivity contribution in [2.24, 2.45) is 5.92 Å². The molecule has 1 aliphatic heterocycles. The number of para-hydroxylation sites is 1. The smallest absolute Gasteiger partial charge is 0.124 e. The van der Waals surface area contributed by atoms with Gasteiger partial charge in [-0.05, 0) is 31.7 Å². The monoisotopic (exact) mass is 290 g/mol. The van der Waals surface area contributed by atoms with Gasteiger partial charge in [0.05, 0.1) is 6.61 Å². The highest BCUT2D eigenvalue weighted by atomic mass is 16.5. The van der Waals surface area contributed by atoms with Crippen LogP contribution in [-0.2, 0) is 0 Å². The molecule has 1 saturated heterocycles. The first-order chi connectivity index (χ1) is 10.2. The Morgan fingerprint density at radius 2 is 1.86 bits per heavy atom. The molecule has 0 spiro atoms. The maximum Gasteiger partial charge on any atom is 0.124 e. The van der Waals surface area contributed by atoms with Crippen LogP contribution in [0.15, 0.2) is 24.3 Å². The molecule has 0 unspecified atom stereocenters. The number of ether oxygens (including phenoxy) is 1. The minimum atomic E-state index is 0.484. The Morgan fingerprint density at radius 3 is 2.52 bits per heavy atom. The van der Waals surface area contributed by atoms with E-state index in [-0.39, 0.29) is 0 Å². The van der Waals surface area contributed by atoms with E-state index < -0.39 is 0 Å². The van der Waals surface area contributed by atoms with Crippen molar-refractivity contribution in [1.82, 2.24) is 10.2 Å². The highest BCUT2D eigenvalue weighted by Gasteiger charge is 2.24. The maximum atomic E-state index is 5.87. The van der Waals surface area contributed by atoms with Crippen molar-refractivity contribution in [2.45, 2.75) is 39.7 Å². The largest absolute Gasteiger partial charge is 0.494 e. The molecule has 21 heavy (non-hydrogen) atoms. The average molecular weight is 290 g/mol. The molecule has 118 valence electrons. The minimum absolute atomic E-state index is 0.484. The van der Waals surface area contributed by atoms with E-state index in [2.05, 4.69) is 55.3 Å². The highest BCUT2D eigenvalue weighted by Crippen LogP contribution is 2.33.